The lowest BCUT2D eigenvalue weighted by atomic mass is 9.72. The van der Waals surface area contributed by atoms with Crippen LogP contribution < -0.4 is 0 Å². The van der Waals surface area contributed by atoms with Crippen molar-refractivity contribution in [3.8, 4) is 0 Å². The van der Waals surface area contributed by atoms with Gasteiger partial charge in [-0.15, -0.1) is 6.58 Å². The number of carbonyl (C=O) groups is 2. The second-order valence-corrected chi connectivity index (χ2v) is 4.09. The molecule has 1 aliphatic heterocycles. The molecule has 0 aromatic heterocycles. The first-order valence-corrected chi connectivity index (χ1v) is 5.10. The molecule has 76 valence electrons. The molecule has 0 bridgehead atoms. The molecule has 1 heterocycles. The fourth-order valence-corrected chi connectivity index (χ4v) is 2.63. The van der Waals surface area contributed by atoms with Gasteiger partial charge in [0.05, 0.1) is 11.8 Å². The van der Waals surface area contributed by atoms with Gasteiger partial charge in [-0.1, -0.05) is 12.5 Å². The van der Waals surface area contributed by atoms with E-state index >= 15 is 0 Å². The molecule has 2 rings (SSSR count). The molecule has 1 saturated carbocycles. The molecule has 3 heteroatoms. The van der Waals surface area contributed by atoms with E-state index in [2.05, 4.69) is 11.3 Å². The first-order valence-electron chi connectivity index (χ1n) is 5.10. The van der Waals surface area contributed by atoms with Crippen LogP contribution in [0.25, 0.3) is 0 Å². The summed E-state index contributed by atoms with van der Waals surface area (Å²) in [4.78, 5) is 22.7. The van der Waals surface area contributed by atoms with Crippen LogP contribution in [-0.2, 0) is 14.3 Å². The maximum absolute atomic E-state index is 11.4. The molecule has 3 atom stereocenters. The van der Waals surface area contributed by atoms with Gasteiger partial charge in [0.2, 0.25) is 0 Å². The molecule has 0 radical (unpaired) electrons. The number of cyclic esters (lactones) is 2. The normalized spacial score (nSPS) is 36.4. The molecule has 0 spiro atoms. The number of fused-ring (bicyclic) bond motifs is 1. The molecule has 0 aromatic carbocycles. The van der Waals surface area contributed by atoms with Gasteiger partial charge in [-0.05, 0) is 25.2 Å². The molecule has 1 aliphatic carbocycles. The Kier molecular flexibility index (Phi) is 2.40. The number of hydrogen-bond donors (Lipinski definition) is 0. The minimum atomic E-state index is -0.313. The van der Waals surface area contributed by atoms with E-state index in [-0.39, 0.29) is 29.7 Å². The molecule has 0 amide bonds. The average Bonchev–Trinajstić information content (AvgIpc) is 2.44. The predicted molar refractivity (Wildman–Crippen MR) is 50.2 cm³/mol. The number of allylic oxidation sites excluding steroid dienone is 1. The second-order valence-electron chi connectivity index (χ2n) is 4.09. The van der Waals surface area contributed by atoms with Crippen molar-refractivity contribution < 1.29 is 14.3 Å². The highest BCUT2D eigenvalue weighted by atomic mass is 16.6. The first-order chi connectivity index (χ1) is 6.74. The topological polar surface area (TPSA) is 43.4 Å². The third-order valence-electron chi connectivity index (χ3n) is 3.28. The molecule has 3 nitrogen and oxygen atoms in total. The van der Waals surface area contributed by atoms with E-state index in [1.54, 1.807) is 0 Å². The third-order valence-corrected chi connectivity index (χ3v) is 3.28. The van der Waals surface area contributed by atoms with Crippen LogP contribution in [0.2, 0.25) is 0 Å². The van der Waals surface area contributed by atoms with Gasteiger partial charge in [-0.2, -0.15) is 0 Å². The quantitative estimate of drug-likeness (QED) is 0.381. The van der Waals surface area contributed by atoms with Crippen molar-refractivity contribution in [2.45, 2.75) is 25.7 Å². The van der Waals surface area contributed by atoms with Crippen LogP contribution in [-0.4, -0.2) is 11.9 Å². The van der Waals surface area contributed by atoms with Gasteiger partial charge in [-0.3, -0.25) is 9.59 Å². The van der Waals surface area contributed by atoms with Gasteiger partial charge in [0, 0.05) is 0 Å². The summed E-state index contributed by atoms with van der Waals surface area (Å²) in [5, 5.41) is 0. The van der Waals surface area contributed by atoms with Gasteiger partial charge >= 0.3 is 11.9 Å². The van der Waals surface area contributed by atoms with Crippen molar-refractivity contribution in [1.82, 2.24) is 0 Å². The molecule has 0 aromatic rings. The maximum Gasteiger partial charge on any atom is 0.317 e. The van der Waals surface area contributed by atoms with Crippen LogP contribution in [0.15, 0.2) is 12.7 Å². The van der Waals surface area contributed by atoms with Crippen LogP contribution in [0.1, 0.15) is 25.7 Å². The molecule has 1 saturated heterocycles. The Balaban J connectivity index is 2.18. The SMILES string of the molecule is C=CCC1CCCC2C(=O)OC(=O)C12. The van der Waals surface area contributed by atoms with E-state index in [9.17, 15) is 9.59 Å². The van der Waals surface area contributed by atoms with Gasteiger partial charge in [0.15, 0.2) is 0 Å². The summed E-state index contributed by atoms with van der Waals surface area (Å²) in [5.41, 5.74) is 0. The minimum absolute atomic E-state index is 0.166. The Morgan fingerprint density at radius 2 is 2.14 bits per heavy atom. The van der Waals surface area contributed by atoms with E-state index in [0.29, 0.717) is 0 Å². The van der Waals surface area contributed by atoms with Crippen LogP contribution in [0, 0.1) is 17.8 Å². The Morgan fingerprint density at radius 3 is 2.86 bits per heavy atom. The monoisotopic (exact) mass is 194 g/mol. The maximum atomic E-state index is 11.4. The second kappa shape index (κ2) is 3.56. The highest BCUT2D eigenvalue weighted by Crippen LogP contribution is 2.41. The van der Waals surface area contributed by atoms with E-state index in [1.807, 2.05) is 6.08 Å². The largest absolute Gasteiger partial charge is 0.393 e. The molecule has 3 unspecified atom stereocenters. The third kappa shape index (κ3) is 1.37. The Morgan fingerprint density at radius 1 is 1.36 bits per heavy atom. The van der Waals surface area contributed by atoms with Gasteiger partial charge < -0.3 is 4.74 Å². The van der Waals surface area contributed by atoms with Gasteiger partial charge in [0.25, 0.3) is 0 Å². The highest BCUT2D eigenvalue weighted by molar-refractivity contribution is 5.96. The molecular weight excluding hydrogens is 180 g/mol. The van der Waals surface area contributed by atoms with Crippen molar-refractivity contribution in [2.75, 3.05) is 0 Å². The Labute approximate surface area is 83.1 Å². The summed E-state index contributed by atoms with van der Waals surface area (Å²) in [5.74, 6) is -0.707. The van der Waals surface area contributed by atoms with E-state index in [1.165, 1.54) is 0 Å². The van der Waals surface area contributed by atoms with Crippen LogP contribution in [0.5, 0.6) is 0 Å². The Hall–Kier alpha value is -1.12. The average molecular weight is 194 g/mol. The fourth-order valence-electron chi connectivity index (χ4n) is 2.63. The van der Waals surface area contributed by atoms with Gasteiger partial charge in [0.1, 0.15) is 0 Å². The summed E-state index contributed by atoms with van der Waals surface area (Å²) >= 11 is 0. The van der Waals surface area contributed by atoms with Crippen LogP contribution in [0.3, 0.4) is 0 Å². The first kappa shape index (κ1) is 9.44. The summed E-state index contributed by atoms with van der Waals surface area (Å²) in [6.07, 6.45) is 5.47. The van der Waals surface area contributed by atoms with Crippen molar-refractivity contribution >= 4 is 11.9 Å². The van der Waals surface area contributed by atoms with Crippen LogP contribution in [0.4, 0.5) is 0 Å². The lowest BCUT2D eigenvalue weighted by Gasteiger charge is -2.28. The lowest BCUT2D eigenvalue weighted by molar-refractivity contribution is -0.154. The zero-order valence-corrected chi connectivity index (χ0v) is 8.07. The number of rotatable bonds is 2. The molecule has 14 heavy (non-hydrogen) atoms. The zero-order valence-electron chi connectivity index (χ0n) is 8.07. The molecule has 2 fully saturated rings. The summed E-state index contributed by atoms with van der Waals surface area (Å²) in [7, 11) is 0. The highest BCUT2D eigenvalue weighted by Gasteiger charge is 2.49. The fraction of sp³-hybridized carbons (Fsp3) is 0.636. The lowest BCUT2D eigenvalue weighted by Crippen LogP contribution is -2.30. The van der Waals surface area contributed by atoms with Crippen molar-refractivity contribution in [3.05, 3.63) is 12.7 Å². The standard InChI is InChI=1S/C11H14O3/c1-2-4-7-5-3-6-8-9(7)11(13)14-10(8)12/h2,7-9H,1,3-6H2. The van der Waals surface area contributed by atoms with Crippen molar-refractivity contribution in [3.63, 3.8) is 0 Å². The number of esters is 2. The Bertz CT molecular complexity index is 282. The van der Waals surface area contributed by atoms with Crippen LogP contribution >= 0.6 is 0 Å². The zero-order chi connectivity index (χ0) is 10.1. The minimum Gasteiger partial charge on any atom is -0.393 e. The van der Waals surface area contributed by atoms with E-state index < -0.39 is 0 Å². The number of hydrogen-bond acceptors (Lipinski definition) is 3. The van der Waals surface area contributed by atoms with E-state index in [4.69, 9.17) is 0 Å². The molecule has 2 aliphatic rings. The summed E-state index contributed by atoms with van der Waals surface area (Å²) in [6.45, 7) is 3.68. The van der Waals surface area contributed by atoms with Crippen molar-refractivity contribution in [1.29, 1.82) is 0 Å². The van der Waals surface area contributed by atoms with Crippen molar-refractivity contribution in [2.24, 2.45) is 17.8 Å². The van der Waals surface area contributed by atoms with E-state index in [0.717, 1.165) is 25.7 Å². The van der Waals surface area contributed by atoms with Gasteiger partial charge in [-0.25, -0.2) is 0 Å². The summed E-state index contributed by atoms with van der Waals surface area (Å²) in [6, 6.07) is 0. The molecule has 0 N–H and O–H groups in total. The molecular formula is C11H14O3. The number of carbonyl (C=O) groups excluding carboxylic acids is 2. The number of ether oxygens (including phenoxy) is 1. The smallest absolute Gasteiger partial charge is 0.317 e. The predicted octanol–water partition coefficient (Wildman–Crippen LogP) is 1.68. The summed E-state index contributed by atoms with van der Waals surface area (Å²) < 4.78 is 4.67.